The Hall–Kier alpha value is -1.58. The van der Waals surface area contributed by atoms with Crippen molar-refractivity contribution in [3.8, 4) is 0 Å². The SMILES string of the molecule is C[C@H](NC(=O)[C@]1(C)CC[C@H](C(=O)N[C@@H](CC2CCC(OCC3C(Cl)CCCC3Cl)CC2)C(=O)O)C1(C)C)C(=O)O. The number of hydrogen-bond donors (Lipinski definition) is 4. The van der Waals surface area contributed by atoms with Crippen molar-refractivity contribution < 1.29 is 34.1 Å². The third-order valence-corrected chi connectivity index (χ3v) is 11.2. The normalized spacial score (nSPS) is 35.4. The Morgan fingerprint density at radius 2 is 1.50 bits per heavy atom. The van der Waals surface area contributed by atoms with Crippen molar-refractivity contribution in [3.05, 3.63) is 0 Å². The number of ether oxygens (including phenoxy) is 1. The van der Waals surface area contributed by atoms with E-state index in [0.717, 1.165) is 44.9 Å². The molecule has 0 aromatic carbocycles. The maximum Gasteiger partial charge on any atom is 0.326 e. The summed E-state index contributed by atoms with van der Waals surface area (Å²) < 4.78 is 6.17. The third kappa shape index (κ3) is 7.43. The van der Waals surface area contributed by atoms with E-state index in [1.807, 2.05) is 13.8 Å². The molecule has 0 aliphatic heterocycles. The van der Waals surface area contributed by atoms with Crippen molar-refractivity contribution in [3.63, 3.8) is 0 Å². The van der Waals surface area contributed by atoms with Gasteiger partial charge in [0, 0.05) is 22.6 Å². The predicted octanol–water partition coefficient (Wildman–Crippen LogP) is 4.57. The fourth-order valence-electron chi connectivity index (χ4n) is 6.76. The molecule has 11 heteroatoms. The van der Waals surface area contributed by atoms with E-state index >= 15 is 0 Å². The van der Waals surface area contributed by atoms with Crippen LogP contribution in [0.4, 0.5) is 0 Å². The number of carbonyl (C=O) groups is 4. The van der Waals surface area contributed by atoms with E-state index in [0.29, 0.717) is 25.9 Å². The van der Waals surface area contributed by atoms with Crippen LogP contribution in [-0.4, -0.2) is 69.5 Å². The van der Waals surface area contributed by atoms with Crippen molar-refractivity contribution in [2.24, 2.45) is 28.6 Å². The summed E-state index contributed by atoms with van der Waals surface area (Å²) in [6.45, 7) is 7.33. The summed E-state index contributed by atoms with van der Waals surface area (Å²) in [6.07, 6.45) is 7.51. The molecule has 4 N–H and O–H groups in total. The van der Waals surface area contributed by atoms with Gasteiger partial charge in [0.1, 0.15) is 12.1 Å². The van der Waals surface area contributed by atoms with Gasteiger partial charge in [0.15, 0.2) is 0 Å². The molecule has 3 aliphatic carbocycles. The second kappa shape index (κ2) is 13.6. The zero-order valence-corrected chi connectivity index (χ0v) is 25.6. The quantitative estimate of drug-likeness (QED) is 0.253. The zero-order chi connectivity index (χ0) is 29.8. The van der Waals surface area contributed by atoms with Gasteiger partial charge >= 0.3 is 11.9 Å². The lowest BCUT2D eigenvalue weighted by Gasteiger charge is -2.40. The van der Waals surface area contributed by atoms with E-state index < -0.39 is 46.7 Å². The molecular formula is C29H46Cl2N2O7. The lowest BCUT2D eigenvalue weighted by molar-refractivity contribution is -0.147. The monoisotopic (exact) mass is 604 g/mol. The van der Waals surface area contributed by atoms with Crippen LogP contribution in [0.5, 0.6) is 0 Å². The molecule has 228 valence electrons. The highest BCUT2D eigenvalue weighted by Crippen LogP contribution is 2.56. The average Bonchev–Trinajstić information content (AvgIpc) is 3.13. The smallest absolute Gasteiger partial charge is 0.326 e. The summed E-state index contributed by atoms with van der Waals surface area (Å²) in [7, 11) is 0. The summed E-state index contributed by atoms with van der Waals surface area (Å²) in [4.78, 5) is 49.7. The van der Waals surface area contributed by atoms with E-state index in [1.165, 1.54) is 6.92 Å². The van der Waals surface area contributed by atoms with Gasteiger partial charge in [-0.05, 0) is 76.0 Å². The molecule has 2 amide bonds. The van der Waals surface area contributed by atoms with Crippen molar-refractivity contribution >= 4 is 47.0 Å². The van der Waals surface area contributed by atoms with Gasteiger partial charge in [-0.3, -0.25) is 14.4 Å². The van der Waals surface area contributed by atoms with Gasteiger partial charge in [-0.15, -0.1) is 23.2 Å². The lowest BCUT2D eigenvalue weighted by atomic mass is 9.65. The molecule has 3 saturated carbocycles. The molecule has 0 spiro atoms. The number of halogens is 2. The van der Waals surface area contributed by atoms with Crippen LogP contribution in [0, 0.1) is 28.6 Å². The molecule has 6 atom stereocenters. The Morgan fingerprint density at radius 3 is 2.05 bits per heavy atom. The van der Waals surface area contributed by atoms with E-state index in [4.69, 9.17) is 27.9 Å². The van der Waals surface area contributed by atoms with Crippen LogP contribution in [-0.2, 0) is 23.9 Å². The van der Waals surface area contributed by atoms with E-state index in [-0.39, 0.29) is 34.6 Å². The third-order valence-electron chi connectivity index (χ3n) is 10.2. The largest absolute Gasteiger partial charge is 0.480 e. The van der Waals surface area contributed by atoms with Crippen LogP contribution < -0.4 is 10.6 Å². The van der Waals surface area contributed by atoms with E-state index in [2.05, 4.69) is 10.6 Å². The van der Waals surface area contributed by atoms with Crippen LogP contribution >= 0.6 is 23.2 Å². The van der Waals surface area contributed by atoms with Crippen LogP contribution in [0.2, 0.25) is 0 Å². The Kier molecular flexibility index (Phi) is 11.2. The fourth-order valence-corrected chi connectivity index (χ4v) is 7.64. The summed E-state index contributed by atoms with van der Waals surface area (Å²) in [5.41, 5.74) is -1.78. The molecule has 0 radical (unpaired) electrons. The second-order valence-electron chi connectivity index (χ2n) is 12.9. The minimum absolute atomic E-state index is 0.0397. The van der Waals surface area contributed by atoms with Gasteiger partial charge in [0.05, 0.1) is 18.1 Å². The van der Waals surface area contributed by atoms with Crippen molar-refractivity contribution in [2.75, 3.05) is 6.61 Å². The first-order valence-corrected chi connectivity index (χ1v) is 15.5. The molecule has 0 saturated heterocycles. The minimum atomic E-state index is -1.14. The first-order valence-electron chi connectivity index (χ1n) is 14.6. The van der Waals surface area contributed by atoms with E-state index in [1.54, 1.807) is 6.92 Å². The van der Waals surface area contributed by atoms with Gasteiger partial charge in [0.2, 0.25) is 11.8 Å². The first kappa shape index (κ1) is 32.9. The highest BCUT2D eigenvalue weighted by atomic mass is 35.5. The molecule has 2 unspecified atom stereocenters. The number of carboxylic acids is 2. The first-order chi connectivity index (χ1) is 18.7. The fraction of sp³-hybridized carbons (Fsp3) is 0.862. The number of carbonyl (C=O) groups excluding carboxylic acids is 2. The number of nitrogens with one attached hydrogen (secondary N) is 2. The van der Waals surface area contributed by atoms with Gasteiger partial charge < -0.3 is 25.6 Å². The molecule has 0 heterocycles. The standard InChI is InChI=1S/C29H46Cl2N2O7/c1-16(25(35)36)32-27(39)29(4)13-12-20(28(29,2)3)24(34)33-23(26(37)38)14-17-8-10-18(11-9-17)40-15-19-21(30)6-5-7-22(19)31/h16-23H,5-15H2,1-4H3,(H,32,39)(H,33,34)(H,35,36)(H,37,38)/t16-,17?,18?,19?,20+,21?,22?,23-,29-/m0/s1. The Labute approximate surface area is 247 Å². The van der Waals surface area contributed by atoms with Gasteiger partial charge in [-0.25, -0.2) is 4.79 Å². The van der Waals surface area contributed by atoms with E-state index in [9.17, 15) is 29.4 Å². The van der Waals surface area contributed by atoms with Gasteiger partial charge in [0.25, 0.3) is 0 Å². The maximum atomic E-state index is 13.4. The number of aliphatic carboxylic acids is 2. The van der Waals surface area contributed by atoms with Crippen LogP contribution in [0.1, 0.15) is 91.9 Å². The van der Waals surface area contributed by atoms with Crippen LogP contribution in [0.15, 0.2) is 0 Å². The maximum absolute atomic E-state index is 13.4. The lowest BCUT2D eigenvalue weighted by Crippen LogP contribution is -2.53. The molecular weight excluding hydrogens is 559 g/mol. The van der Waals surface area contributed by atoms with Gasteiger partial charge in [-0.1, -0.05) is 27.2 Å². The molecule has 0 aromatic heterocycles. The molecule has 0 bridgehead atoms. The zero-order valence-electron chi connectivity index (χ0n) is 24.1. The second-order valence-corrected chi connectivity index (χ2v) is 14.0. The molecule has 0 aromatic rings. The molecule has 3 fully saturated rings. The van der Waals surface area contributed by atoms with Crippen molar-refractivity contribution in [2.45, 2.75) is 121 Å². The van der Waals surface area contributed by atoms with Crippen molar-refractivity contribution in [1.82, 2.24) is 10.6 Å². The summed E-state index contributed by atoms with van der Waals surface area (Å²) in [5.74, 6) is -3.28. The molecule has 3 aliphatic rings. The van der Waals surface area contributed by atoms with Crippen LogP contribution in [0.25, 0.3) is 0 Å². The molecule has 3 rings (SSSR count). The number of amides is 2. The molecule has 40 heavy (non-hydrogen) atoms. The van der Waals surface area contributed by atoms with Crippen molar-refractivity contribution in [1.29, 1.82) is 0 Å². The Bertz CT molecular complexity index is 929. The molecule has 9 nitrogen and oxygen atoms in total. The highest BCUT2D eigenvalue weighted by Gasteiger charge is 2.58. The predicted molar refractivity (Wildman–Crippen MR) is 152 cm³/mol. The summed E-state index contributed by atoms with van der Waals surface area (Å²) >= 11 is 13.0. The minimum Gasteiger partial charge on any atom is -0.480 e. The highest BCUT2D eigenvalue weighted by molar-refractivity contribution is 6.24. The summed E-state index contributed by atoms with van der Waals surface area (Å²) in [6, 6.07) is -2.07. The topological polar surface area (TPSA) is 142 Å². The number of rotatable bonds is 11. The number of alkyl halides is 2. The summed E-state index contributed by atoms with van der Waals surface area (Å²) in [5, 5.41) is 24.5. The van der Waals surface area contributed by atoms with Crippen LogP contribution in [0.3, 0.4) is 0 Å². The number of carboxylic acid groups (broad SMARTS) is 2. The number of hydrogen-bond acceptors (Lipinski definition) is 5. The average molecular weight is 606 g/mol. The van der Waals surface area contributed by atoms with Gasteiger partial charge in [-0.2, -0.15) is 0 Å². The Morgan fingerprint density at radius 1 is 0.900 bits per heavy atom. The Balaban J connectivity index is 1.52.